The molecule has 120 heavy (non-hydrogen) atoms. The van der Waals surface area contributed by atoms with Crippen LogP contribution in [0.1, 0.15) is 182 Å². The molecule has 6 aromatic rings. The minimum Gasteiger partial charge on any atom is -0.508 e. The lowest BCUT2D eigenvalue weighted by Crippen LogP contribution is -2.20. The summed E-state index contributed by atoms with van der Waals surface area (Å²) in [4.78, 5) is 73.3. The van der Waals surface area contributed by atoms with Crippen molar-refractivity contribution in [2.75, 3.05) is 136 Å². The van der Waals surface area contributed by atoms with E-state index < -0.39 is 18.3 Å². The zero-order valence-corrected chi connectivity index (χ0v) is 72.0. The van der Waals surface area contributed by atoms with Gasteiger partial charge in [-0.2, -0.15) is 0 Å². The van der Waals surface area contributed by atoms with Crippen LogP contribution in [-0.4, -0.2) is 218 Å². The lowest BCUT2D eigenvalue weighted by molar-refractivity contribution is -0.146. The van der Waals surface area contributed by atoms with Gasteiger partial charge in [-0.1, -0.05) is 120 Å². The third-order valence-electron chi connectivity index (χ3n) is 19.4. The molecule has 0 aliphatic carbocycles. The smallest absolute Gasteiger partial charge is 0.305 e. The lowest BCUT2D eigenvalue weighted by atomic mass is 9.95. The van der Waals surface area contributed by atoms with Crippen LogP contribution in [0.3, 0.4) is 0 Å². The average molecular weight is 1780 g/mol. The van der Waals surface area contributed by atoms with Crippen LogP contribution in [0.15, 0.2) is 109 Å². The first-order valence-corrected chi connectivity index (χ1v) is 47.9. The topological polar surface area (TPSA) is 362 Å². The second kappa shape index (κ2) is 52.6. The third kappa shape index (κ3) is 33.1. The Morgan fingerprint density at radius 1 is 0.325 bits per heavy atom. The number of benzene rings is 6. The number of ketones is 3. The highest BCUT2D eigenvalue weighted by Gasteiger charge is 2.35. The molecule has 654 valence electrons. The van der Waals surface area contributed by atoms with Gasteiger partial charge in [0.15, 0.2) is 17.3 Å². The summed E-state index contributed by atoms with van der Waals surface area (Å²) in [7, 11) is 11.7. The van der Waals surface area contributed by atoms with Gasteiger partial charge in [0.1, 0.15) is 144 Å². The number of unbranched alkanes of at least 4 members (excludes halogenated alkanes) is 3. The molecule has 33 heteroatoms. The zero-order valence-electron chi connectivity index (χ0n) is 67.1. The zero-order chi connectivity index (χ0) is 84.5. The molecule has 6 aromatic carbocycles. The molecule has 6 atom stereocenters. The fourth-order valence-corrected chi connectivity index (χ4v) is 22.3. The molecule has 3 fully saturated rings. The number of carbonyl (C=O) groups is 6. The minimum absolute atomic E-state index is 0.0863. The summed E-state index contributed by atoms with van der Waals surface area (Å²) < 4.78 is 83.4. The number of ether oxygens (including phenoxy) is 15. The van der Waals surface area contributed by atoms with Gasteiger partial charge >= 0.3 is 17.9 Å². The van der Waals surface area contributed by atoms with Crippen LogP contribution in [-0.2, 0) is 57.0 Å². The Hall–Kier alpha value is -7.80. The van der Waals surface area contributed by atoms with Crippen molar-refractivity contribution in [3.05, 3.63) is 143 Å². The normalized spacial score (nSPS) is 18.2. The molecule has 12 rings (SSSR count). The Labute approximate surface area is 723 Å². The van der Waals surface area contributed by atoms with Crippen molar-refractivity contribution < 1.29 is 130 Å². The van der Waals surface area contributed by atoms with Crippen molar-refractivity contribution in [2.24, 2.45) is 0 Å². The highest BCUT2D eigenvalue weighted by atomic mass is 33.1. The van der Waals surface area contributed by atoms with Crippen molar-refractivity contribution in [1.82, 2.24) is 0 Å². The Kier molecular flexibility index (Phi) is 41.4. The summed E-state index contributed by atoms with van der Waals surface area (Å²) in [6.45, 7) is 5.39. The van der Waals surface area contributed by atoms with E-state index in [4.69, 9.17) is 71.1 Å². The molecule has 0 amide bonds. The number of aromatic hydroxyl groups is 6. The molecule has 6 aliphatic rings. The summed E-state index contributed by atoms with van der Waals surface area (Å²) in [6.07, 6.45) is 13.2. The van der Waals surface area contributed by atoms with Gasteiger partial charge in [-0.25, -0.2) is 0 Å². The number of esters is 3. The summed E-state index contributed by atoms with van der Waals surface area (Å²) in [5.74, 6) is 4.12. The van der Waals surface area contributed by atoms with E-state index in [0.717, 1.165) is 71.0 Å². The molecule has 0 aromatic heterocycles. The van der Waals surface area contributed by atoms with Gasteiger partial charge in [0, 0.05) is 88.7 Å². The molecule has 0 radical (unpaired) electrons. The van der Waals surface area contributed by atoms with Crippen LogP contribution in [0.25, 0.3) is 0 Å². The Morgan fingerprint density at radius 3 is 0.825 bits per heavy atom. The maximum Gasteiger partial charge on any atom is 0.305 e. The maximum atomic E-state index is 12.6. The first kappa shape index (κ1) is 94.4. The number of phenolic OH excluding ortho intramolecular Hbond substituents is 6. The summed E-state index contributed by atoms with van der Waals surface area (Å²) in [5, 5.41) is 61.9. The molecule has 0 bridgehead atoms. The predicted molar refractivity (Wildman–Crippen MR) is 461 cm³/mol. The number of phenols is 6. The minimum atomic E-state index is -0.521. The summed E-state index contributed by atoms with van der Waals surface area (Å²) >= 11 is 0. The van der Waals surface area contributed by atoms with E-state index in [1.54, 1.807) is 54.6 Å². The second-order valence-corrected chi connectivity index (χ2v) is 36.9. The molecule has 6 heterocycles. The van der Waals surface area contributed by atoms with Crippen molar-refractivity contribution >= 4 is 100 Å². The van der Waals surface area contributed by atoms with Gasteiger partial charge in [0.25, 0.3) is 0 Å². The number of hydrogen-bond donors (Lipinski definition) is 6. The van der Waals surface area contributed by atoms with E-state index in [0.29, 0.717) is 116 Å². The van der Waals surface area contributed by atoms with Crippen LogP contribution in [0.2, 0.25) is 0 Å². The number of hydrogen-bond acceptors (Lipinski definition) is 33. The van der Waals surface area contributed by atoms with E-state index >= 15 is 0 Å². The van der Waals surface area contributed by atoms with Gasteiger partial charge in [0.05, 0.1) is 98.5 Å². The first-order chi connectivity index (χ1) is 58.5. The number of fused-ring (bicyclic) bond motifs is 3. The van der Waals surface area contributed by atoms with Crippen LogP contribution in [0.5, 0.6) is 69.0 Å². The Balaban J connectivity index is 0.000000189. The fraction of sp³-hybridized carbons (Fsp3) is 0.517. The summed E-state index contributed by atoms with van der Waals surface area (Å²) in [6, 6.07) is 28.3. The van der Waals surface area contributed by atoms with Crippen LogP contribution in [0.4, 0.5) is 0 Å². The van der Waals surface area contributed by atoms with Gasteiger partial charge in [0.2, 0.25) is 0 Å². The van der Waals surface area contributed by atoms with E-state index in [1.807, 2.05) is 64.8 Å². The molecule has 6 N–H and O–H groups in total. The van der Waals surface area contributed by atoms with Crippen LogP contribution in [0, 0.1) is 0 Å². The third-order valence-corrected chi connectivity index (χ3v) is 28.5. The molecule has 3 saturated heterocycles. The fourth-order valence-electron chi connectivity index (χ4n) is 13.2. The molecular weight excluding hydrogens is 1670 g/mol. The Bertz CT molecular complexity index is 3730. The SMILES string of the molecule is O=C(CCCCC1CCSS1)OCCOCCOCCOc1cc(O)c2c(c1)OC(c1ccc(O)cc1)CC2=O.O=C(CCCCC1CCSS1)OCCOCCOCCOc1cc(O)c2c(c1)OC(c1ccc(O)cc1)CC2=O.O=C(CCCCC1CCSS1)OCCOCCOCCOc1cc(O)c2c(c1)OC(c1ccc(O)cc1)CC2=O. The second-order valence-electron chi connectivity index (χ2n) is 28.5. The van der Waals surface area contributed by atoms with Gasteiger partial charge in [-0.05, 0) is 111 Å². The van der Waals surface area contributed by atoms with E-state index in [9.17, 15) is 59.4 Å². The van der Waals surface area contributed by atoms with Crippen LogP contribution < -0.4 is 28.4 Å². The van der Waals surface area contributed by atoms with Crippen molar-refractivity contribution in [2.45, 2.75) is 150 Å². The predicted octanol–water partition coefficient (Wildman–Crippen LogP) is 16.4. The average Bonchev–Trinajstić information content (AvgIpc) is 0.890. The van der Waals surface area contributed by atoms with Crippen molar-refractivity contribution in [3.8, 4) is 69.0 Å². The van der Waals surface area contributed by atoms with E-state index in [2.05, 4.69) is 0 Å². The molecule has 6 unspecified atom stereocenters. The van der Waals surface area contributed by atoms with Crippen LogP contribution >= 0.6 is 64.8 Å². The van der Waals surface area contributed by atoms with E-state index in [-0.39, 0.29) is 163 Å². The van der Waals surface area contributed by atoms with E-state index in [1.165, 1.54) is 110 Å². The monoisotopic (exact) mass is 1780 g/mol. The van der Waals surface area contributed by atoms with Gasteiger partial charge < -0.3 is 102 Å². The Morgan fingerprint density at radius 2 is 0.575 bits per heavy atom. The quantitative estimate of drug-likeness (QED) is 0.00894. The lowest BCUT2D eigenvalue weighted by Gasteiger charge is -2.26. The molecule has 0 spiro atoms. The summed E-state index contributed by atoms with van der Waals surface area (Å²) in [5.41, 5.74) is 2.66. The number of carbonyl (C=O) groups excluding carboxylic acids is 6. The first-order valence-electron chi connectivity index (χ1n) is 40.7. The molecular formula is C87H108O27S6. The molecule has 27 nitrogen and oxygen atoms in total. The highest BCUT2D eigenvalue weighted by Crippen LogP contribution is 2.47. The largest absolute Gasteiger partial charge is 0.508 e. The molecule has 0 saturated carbocycles. The molecule has 6 aliphatic heterocycles. The van der Waals surface area contributed by atoms with Crippen molar-refractivity contribution in [3.63, 3.8) is 0 Å². The van der Waals surface area contributed by atoms with Crippen molar-refractivity contribution in [1.29, 1.82) is 0 Å². The van der Waals surface area contributed by atoms with Gasteiger partial charge in [-0.3, -0.25) is 28.8 Å². The maximum absolute atomic E-state index is 12.6. The standard InChI is InChI=1S/3C29H36O9S2/c3*30-21-7-5-20(6-8-21)26-19-25(32)29-24(31)17-22(18-27(29)38-26)36-14-12-34-10-11-35-13-15-37-28(33)4-2-1-3-23-9-16-39-40-23/h3*5-8,17-18,23,26,30-31H,1-4,9-16,19H2. The highest BCUT2D eigenvalue weighted by molar-refractivity contribution is 8.78. The van der Waals surface area contributed by atoms with Gasteiger partial charge in [-0.15, -0.1) is 0 Å². The number of rotatable bonds is 48. The number of Topliss-reactive ketones (excluding diaryl/α,β-unsaturated/α-hetero) is 3.